The van der Waals surface area contributed by atoms with E-state index in [1.807, 2.05) is 30.3 Å². The molecule has 2 aliphatic carbocycles. The quantitative estimate of drug-likeness (QED) is 0.0258. The Hall–Kier alpha value is -6.09. The van der Waals surface area contributed by atoms with Gasteiger partial charge in [-0.2, -0.15) is 0 Å². The van der Waals surface area contributed by atoms with Crippen molar-refractivity contribution in [3.05, 3.63) is 114 Å². The summed E-state index contributed by atoms with van der Waals surface area (Å²) in [6.45, 7) is 6.99. The molecule has 75 heavy (non-hydrogen) atoms. The maximum absolute atomic E-state index is 15.3. The average molecular weight is 1030 g/mol. The number of unbranched alkanes of at least 4 members (excludes halogenated alkanes) is 11. The lowest BCUT2D eigenvalue weighted by Crippen LogP contribution is -2.70. The summed E-state index contributed by atoms with van der Waals surface area (Å²) in [5.41, 5.74) is 3.69. The molecule has 14 nitrogen and oxygen atoms in total. The molecule has 0 saturated heterocycles. The Morgan fingerprint density at radius 2 is 1.55 bits per heavy atom. The number of allylic oxidation sites excluding steroid dienone is 1. The van der Waals surface area contributed by atoms with Gasteiger partial charge in [0.25, 0.3) is 0 Å². The van der Waals surface area contributed by atoms with Crippen LogP contribution in [-0.2, 0) is 20.9 Å². The van der Waals surface area contributed by atoms with Crippen molar-refractivity contribution in [2.24, 2.45) is 22.9 Å². The van der Waals surface area contributed by atoms with Gasteiger partial charge in [0.05, 0.1) is 51.3 Å². The fourth-order valence-electron chi connectivity index (χ4n) is 11.7. The van der Waals surface area contributed by atoms with Crippen LogP contribution in [0.2, 0.25) is 0 Å². The van der Waals surface area contributed by atoms with Gasteiger partial charge in [-0.25, -0.2) is 9.59 Å². The first-order valence-electron chi connectivity index (χ1n) is 27.5. The molecule has 2 amide bonds. The highest BCUT2D eigenvalue weighted by Gasteiger charge is 2.66. The van der Waals surface area contributed by atoms with E-state index >= 15 is 4.79 Å². The second-order valence-electron chi connectivity index (χ2n) is 20.1. The van der Waals surface area contributed by atoms with E-state index in [2.05, 4.69) is 49.2 Å². The van der Waals surface area contributed by atoms with Crippen molar-refractivity contribution in [3.8, 4) is 23.0 Å². The maximum atomic E-state index is 15.3. The maximum Gasteiger partial charge on any atom is 0.417 e. The normalized spacial score (nSPS) is 21.0. The number of benzene rings is 4. The first kappa shape index (κ1) is 56.6. The predicted molar refractivity (Wildman–Crippen MR) is 294 cm³/mol. The first-order chi connectivity index (χ1) is 36.7. The van der Waals surface area contributed by atoms with Gasteiger partial charge in [0.2, 0.25) is 5.79 Å². The molecule has 3 N–H and O–H groups in total. The average Bonchev–Trinajstić information content (AvgIpc) is 3.43. The van der Waals surface area contributed by atoms with Crippen LogP contribution in [0.5, 0.6) is 23.0 Å². The summed E-state index contributed by atoms with van der Waals surface area (Å²) in [5.74, 6) is -0.730. The number of ether oxygens (including phenoxy) is 6. The third-order valence-electron chi connectivity index (χ3n) is 15.3. The Bertz CT molecular complexity index is 2540. The van der Waals surface area contributed by atoms with Crippen LogP contribution in [0, 0.1) is 17.8 Å². The van der Waals surface area contributed by atoms with Crippen molar-refractivity contribution < 1.29 is 53.1 Å². The third-order valence-corrected chi connectivity index (χ3v) is 15.3. The largest absolute Gasteiger partial charge is 0.497 e. The van der Waals surface area contributed by atoms with Gasteiger partial charge in [0.15, 0.2) is 0 Å². The van der Waals surface area contributed by atoms with E-state index in [0.717, 1.165) is 72.4 Å². The van der Waals surface area contributed by atoms with Crippen LogP contribution in [-0.4, -0.2) is 92.6 Å². The van der Waals surface area contributed by atoms with Crippen molar-refractivity contribution in [1.29, 1.82) is 0 Å². The van der Waals surface area contributed by atoms with Crippen LogP contribution < -0.4 is 24.3 Å². The molecular weight excluding hydrogens is 951 g/mol. The van der Waals surface area contributed by atoms with Gasteiger partial charge in [-0.3, -0.25) is 10.2 Å². The molecule has 406 valence electrons. The van der Waals surface area contributed by atoms with Crippen molar-refractivity contribution in [2.45, 2.75) is 140 Å². The molecule has 7 rings (SSSR count). The van der Waals surface area contributed by atoms with Gasteiger partial charge in [0, 0.05) is 37.2 Å². The van der Waals surface area contributed by atoms with Crippen LogP contribution in [0.4, 0.5) is 15.3 Å². The van der Waals surface area contributed by atoms with Crippen molar-refractivity contribution >= 4 is 34.4 Å². The highest BCUT2D eigenvalue weighted by Crippen LogP contribution is 2.62. The Morgan fingerprint density at radius 1 is 0.827 bits per heavy atom. The SMILES string of the molecule is C=CCO[C@@]12Oc3ccc(OC(=O)Nc4ccc(OC)cc4OC)cc3[C@H]3[C@H](CCCCO)[C@@H](CCCCO)C=C(C(=NOC)C[C@@H]1N(Cc1cccc4ccccc14)C(=O)OCCCCCCCCCCCC)[C@H]32. The Morgan fingerprint density at radius 3 is 2.27 bits per heavy atom. The fourth-order valence-corrected chi connectivity index (χ4v) is 11.7. The zero-order chi connectivity index (χ0) is 53.0. The van der Waals surface area contributed by atoms with Crippen LogP contribution in [0.25, 0.3) is 10.8 Å². The lowest BCUT2D eigenvalue weighted by molar-refractivity contribution is -0.256. The standard InChI is InChI=1S/C61H81N3O11/c1-6-8-9-10-11-12-13-14-15-22-37-72-60(68)64(42-45-27-23-26-43-24-16-17-28-48(43)45)56-41-53(63-71-5)50-38-44(25-18-20-34-65)49(29-19-21-35-66)57-51-39-47(31-33-54(51)75-61(56,58(50)57)73-36-7-2)74-59(67)62-52-32-30-46(69-3)40-55(52)70-4/h7,16-17,23-24,26-28,30-33,38-40,44,49,56-58,65-66H,2,6,8-15,18-22,25,29,34-37,41-42H2,1,3-5H3,(H,62,67)/t44-,49+,56-,57+,58+,61+/m0/s1. The summed E-state index contributed by atoms with van der Waals surface area (Å²) in [4.78, 5) is 36.5. The summed E-state index contributed by atoms with van der Waals surface area (Å²) in [6.07, 6.45) is 18.8. The molecule has 4 aromatic carbocycles. The van der Waals surface area contributed by atoms with Crippen molar-refractivity contribution in [2.75, 3.05) is 53.1 Å². The van der Waals surface area contributed by atoms with Gasteiger partial charge < -0.3 is 43.5 Å². The fraction of sp³-hybridized carbons (Fsp3) is 0.525. The predicted octanol–water partition coefficient (Wildman–Crippen LogP) is 13.3. The Labute approximate surface area is 444 Å². The molecule has 0 bridgehead atoms. The number of nitrogens with zero attached hydrogens (tertiary/aromatic N) is 2. The van der Waals surface area contributed by atoms with E-state index in [1.165, 1.54) is 59.2 Å². The highest BCUT2D eigenvalue weighted by molar-refractivity contribution is 6.03. The number of carbonyl (C=O) groups is 2. The third kappa shape index (κ3) is 14.0. The zero-order valence-electron chi connectivity index (χ0n) is 44.8. The Kier molecular flexibility index (Phi) is 21.7. The van der Waals surface area contributed by atoms with E-state index in [4.69, 9.17) is 38.4 Å². The number of fused-ring (bicyclic) bond motifs is 3. The zero-order valence-corrected chi connectivity index (χ0v) is 44.8. The number of aliphatic hydroxyl groups excluding tert-OH is 2. The minimum atomic E-state index is -1.53. The van der Waals surface area contributed by atoms with Gasteiger partial charge in [-0.15, -0.1) is 6.58 Å². The molecule has 14 heteroatoms. The van der Waals surface area contributed by atoms with Crippen LogP contribution in [0.15, 0.2) is 108 Å². The number of hydrogen-bond acceptors (Lipinski definition) is 12. The number of amides is 2. The summed E-state index contributed by atoms with van der Waals surface area (Å²) in [7, 11) is 4.60. The molecule has 6 atom stereocenters. The first-order valence-corrected chi connectivity index (χ1v) is 27.5. The van der Waals surface area contributed by atoms with E-state index in [1.54, 1.807) is 42.4 Å². The number of anilines is 1. The number of oxime groups is 1. The molecule has 4 aromatic rings. The number of rotatable bonds is 30. The minimum absolute atomic E-state index is 0.00127. The van der Waals surface area contributed by atoms with Gasteiger partial charge >= 0.3 is 12.2 Å². The second-order valence-corrected chi connectivity index (χ2v) is 20.1. The lowest BCUT2D eigenvalue weighted by Gasteiger charge is -2.59. The highest BCUT2D eigenvalue weighted by atomic mass is 16.7. The molecule has 1 aliphatic heterocycles. The molecule has 1 heterocycles. The molecule has 3 aliphatic rings. The van der Waals surface area contributed by atoms with Crippen LogP contribution in [0.1, 0.15) is 133 Å². The number of methoxy groups -OCH3 is 2. The second kappa shape index (κ2) is 28.7. The van der Waals surface area contributed by atoms with E-state index in [-0.39, 0.29) is 62.9 Å². The van der Waals surface area contributed by atoms with Crippen LogP contribution >= 0.6 is 0 Å². The van der Waals surface area contributed by atoms with Gasteiger partial charge in [-0.1, -0.05) is 137 Å². The van der Waals surface area contributed by atoms with Crippen molar-refractivity contribution in [1.82, 2.24) is 4.90 Å². The van der Waals surface area contributed by atoms with Crippen LogP contribution in [0.3, 0.4) is 0 Å². The summed E-state index contributed by atoms with van der Waals surface area (Å²) in [6, 6.07) is 24.0. The van der Waals surface area contributed by atoms with Crippen molar-refractivity contribution in [3.63, 3.8) is 0 Å². The monoisotopic (exact) mass is 1030 g/mol. The summed E-state index contributed by atoms with van der Waals surface area (Å²) >= 11 is 0. The smallest absolute Gasteiger partial charge is 0.417 e. The number of carbonyl (C=O) groups excluding carboxylic acids is 2. The molecule has 1 fully saturated rings. The van der Waals surface area contributed by atoms with Gasteiger partial charge in [-0.05, 0) is 96.2 Å². The molecule has 0 unspecified atom stereocenters. The Balaban J connectivity index is 1.32. The minimum Gasteiger partial charge on any atom is -0.497 e. The number of aliphatic hydroxyl groups is 2. The molecule has 1 saturated carbocycles. The summed E-state index contributed by atoms with van der Waals surface area (Å²) < 4.78 is 38.0. The molecular formula is C61H81N3O11. The molecule has 0 radical (unpaired) electrons. The van der Waals surface area contributed by atoms with E-state index < -0.39 is 29.9 Å². The lowest BCUT2D eigenvalue weighted by atomic mass is 9.55. The topological polar surface area (TPSA) is 167 Å². The summed E-state index contributed by atoms with van der Waals surface area (Å²) in [5, 5.41) is 29.8. The molecule has 0 spiro atoms. The van der Waals surface area contributed by atoms with Gasteiger partial charge in [0.1, 0.15) is 36.1 Å². The van der Waals surface area contributed by atoms with E-state index in [9.17, 15) is 15.0 Å². The number of hydrogen-bond donors (Lipinski definition) is 3. The number of nitrogens with one attached hydrogen (secondary N) is 1. The molecule has 0 aromatic heterocycles. The van der Waals surface area contributed by atoms with E-state index in [0.29, 0.717) is 41.5 Å².